The minimum atomic E-state index is -0.142. The summed E-state index contributed by atoms with van der Waals surface area (Å²) < 4.78 is 0. The maximum atomic E-state index is 10.5. The number of hydrogen-bond acceptors (Lipinski definition) is 2. The molecule has 0 aliphatic carbocycles. The maximum Gasteiger partial charge on any atom is 0.246 e. The molecular weight excluding hydrogens is 106 g/mol. The Balaban J connectivity index is 2.39. The SMILES string of the molecule is [CH]N1OCCCC1=O. The summed E-state index contributed by atoms with van der Waals surface area (Å²) >= 11 is 0. The van der Waals surface area contributed by atoms with Crippen LogP contribution in [0.1, 0.15) is 12.8 Å². The third kappa shape index (κ3) is 0.980. The van der Waals surface area contributed by atoms with Gasteiger partial charge in [-0.15, -0.1) is 0 Å². The normalized spacial score (nSPS) is 21.6. The lowest BCUT2D eigenvalue weighted by Gasteiger charge is -2.19. The molecule has 0 aromatic carbocycles. The Kier molecular flexibility index (Phi) is 1.48. The van der Waals surface area contributed by atoms with E-state index in [0.29, 0.717) is 13.0 Å². The predicted octanol–water partition coefficient (Wildman–Crippen LogP) is 0.209. The quantitative estimate of drug-likeness (QED) is 0.449. The van der Waals surface area contributed by atoms with E-state index < -0.39 is 0 Å². The lowest BCUT2D eigenvalue weighted by molar-refractivity contribution is -0.182. The molecule has 0 atom stereocenters. The highest BCUT2D eigenvalue weighted by molar-refractivity contribution is 5.75. The van der Waals surface area contributed by atoms with Crippen LogP contribution in [0.3, 0.4) is 0 Å². The molecule has 1 rings (SSSR count). The molecule has 0 saturated carbocycles. The lowest BCUT2D eigenvalue weighted by atomic mass is 10.3. The Labute approximate surface area is 48.2 Å². The fourth-order valence-electron chi connectivity index (χ4n) is 0.568. The van der Waals surface area contributed by atoms with Crippen LogP contribution in [0.25, 0.3) is 0 Å². The van der Waals surface area contributed by atoms with Crippen LogP contribution >= 0.6 is 0 Å². The topological polar surface area (TPSA) is 29.5 Å². The van der Waals surface area contributed by atoms with E-state index in [1.165, 1.54) is 0 Å². The van der Waals surface area contributed by atoms with E-state index in [2.05, 4.69) is 4.84 Å². The fourth-order valence-corrected chi connectivity index (χ4v) is 0.568. The van der Waals surface area contributed by atoms with E-state index in [1.807, 2.05) is 0 Å². The van der Waals surface area contributed by atoms with Crippen LogP contribution in [0.2, 0.25) is 0 Å². The van der Waals surface area contributed by atoms with Gasteiger partial charge in [-0.1, -0.05) is 0 Å². The first kappa shape index (κ1) is 5.56. The minimum absolute atomic E-state index is 0.142. The number of rotatable bonds is 0. The number of amides is 1. The molecule has 0 bridgehead atoms. The van der Waals surface area contributed by atoms with Gasteiger partial charge in [0, 0.05) is 6.42 Å². The van der Waals surface area contributed by atoms with Crippen LogP contribution in [0, 0.1) is 7.05 Å². The van der Waals surface area contributed by atoms with E-state index in [0.717, 1.165) is 11.5 Å². The average Bonchev–Trinajstić information content (AvgIpc) is 1.77. The van der Waals surface area contributed by atoms with Gasteiger partial charge in [-0.2, -0.15) is 0 Å². The number of carbonyl (C=O) groups is 1. The molecule has 2 radical (unpaired) electrons. The summed E-state index contributed by atoms with van der Waals surface area (Å²) in [5, 5.41) is 0.795. The van der Waals surface area contributed by atoms with Crippen molar-refractivity contribution in [2.45, 2.75) is 12.8 Å². The van der Waals surface area contributed by atoms with E-state index in [1.54, 1.807) is 0 Å². The van der Waals surface area contributed by atoms with Gasteiger partial charge in [0.2, 0.25) is 5.91 Å². The van der Waals surface area contributed by atoms with Gasteiger partial charge in [-0.25, -0.2) is 5.06 Å². The number of hydroxylamine groups is 2. The zero-order valence-electron chi connectivity index (χ0n) is 4.46. The standard InChI is InChI=1S/C5H7NO2/c1-6-5(7)3-2-4-8-6/h1H,2-4H2. The molecule has 3 nitrogen and oxygen atoms in total. The van der Waals surface area contributed by atoms with Gasteiger partial charge in [0.05, 0.1) is 6.61 Å². The molecule has 0 unspecified atom stereocenters. The van der Waals surface area contributed by atoms with Crippen LogP contribution in [0.15, 0.2) is 0 Å². The maximum absolute atomic E-state index is 10.5. The summed E-state index contributed by atoms with van der Waals surface area (Å²) in [5.41, 5.74) is 0. The van der Waals surface area contributed by atoms with Crippen molar-refractivity contribution >= 4 is 5.91 Å². The Morgan fingerprint density at radius 1 is 1.75 bits per heavy atom. The molecule has 0 aromatic rings. The summed E-state index contributed by atoms with van der Waals surface area (Å²) in [6, 6.07) is 0. The number of hydrogen-bond donors (Lipinski definition) is 0. The van der Waals surface area contributed by atoms with Crippen LogP contribution in [-0.4, -0.2) is 17.6 Å². The van der Waals surface area contributed by atoms with Crippen molar-refractivity contribution in [3.05, 3.63) is 7.05 Å². The fraction of sp³-hybridized carbons (Fsp3) is 0.600. The zero-order valence-corrected chi connectivity index (χ0v) is 4.46. The molecule has 8 heavy (non-hydrogen) atoms. The average molecular weight is 113 g/mol. The summed E-state index contributed by atoms with van der Waals surface area (Å²) in [6.07, 6.45) is 1.29. The van der Waals surface area contributed by atoms with E-state index in [4.69, 9.17) is 7.05 Å². The summed E-state index contributed by atoms with van der Waals surface area (Å²) in [5.74, 6) is -0.142. The van der Waals surface area contributed by atoms with Crippen LogP contribution in [0.4, 0.5) is 0 Å². The van der Waals surface area contributed by atoms with Crippen LogP contribution in [0.5, 0.6) is 0 Å². The lowest BCUT2D eigenvalue weighted by Crippen LogP contribution is -2.29. The monoisotopic (exact) mass is 113 g/mol. The van der Waals surface area contributed by atoms with Crippen molar-refractivity contribution in [1.29, 1.82) is 0 Å². The van der Waals surface area contributed by atoms with Gasteiger partial charge >= 0.3 is 0 Å². The van der Waals surface area contributed by atoms with Crippen molar-refractivity contribution in [2.24, 2.45) is 0 Å². The first-order valence-electron chi connectivity index (χ1n) is 2.51. The molecule has 0 aromatic heterocycles. The zero-order chi connectivity index (χ0) is 5.98. The van der Waals surface area contributed by atoms with E-state index >= 15 is 0 Å². The van der Waals surface area contributed by atoms with Crippen LogP contribution in [-0.2, 0) is 9.63 Å². The molecule has 1 heterocycles. The Hall–Kier alpha value is -0.570. The second-order valence-corrected chi connectivity index (χ2v) is 1.66. The minimum Gasteiger partial charge on any atom is -0.273 e. The molecule has 1 amide bonds. The van der Waals surface area contributed by atoms with Crippen molar-refractivity contribution in [3.8, 4) is 0 Å². The molecule has 1 aliphatic rings. The van der Waals surface area contributed by atoms with Gasteiger partial charge in [0.25, 0.3) is 0 Å². The predicted molar refractivity (Wildman–Crippen MR) is 26.3 cm³/mol. The Morgan fingerprint density at radius 2 is 2.50 bits per heavy atom. The Bertz CT molecular complexity index is 103. The summed E-state index contributed by atoms with van der Waals surface area (Å²) in [4.78, 5) is 15.1. The van der Waals surface area contributed by atoms with Gasteiger partial charge < -0.3 is 0 Å². The van der Waals surface area contributed by atoms with Gasteiger partial charge in [-0.05, 0) is 6.42 Å². The molecule has 1 aliphatic heterocycles. The Morgan fingerprint density at radius 3 is 2.88 bits per heavy atom. The second kappa shape index (κ2) is 2.13. The molecule has 1 fully saturated rings. The first-order valence-corrected chi connectivity index (χ1v) is 2.51. The highest BCUT2D eigenvalue weighted by Gasteiger charge is 2.13. The van der Waals surface area contributed by atoms with E-state index in [-0.39, 0.29) is 5.91 Å². The largest absolute Gasteiger partial charge is 0.273 e. The molecule has 44 valence electrons. The molecule has 1 saturated heterocycles. The van der Waals surface area contributed by atoms with Crippen LogP contribution < -0.4 is 0 Å². The van der Waals surface area contributed by atoms with Crippen molar-refractivity contribution in [3.63, 3.8) is 0 Å². The third-order valence-electron chi connectivity index (χ3n) is 1.01. The van der Waals surface area contributed by atoms with Gasteiger partial charge in [0.1, 0.15) is 7.05 Å². The number of carbonyl (C=O) groups excluding carboxylic acids is 1. The smallest absolute Gasteiger partial charge is 0.246 e. The molecule has 0 N–H and O–H groups in total. The van der Waals surface area contributed by atoms with E-state index in [9.17, 15) is 4.79 Å². The summed E-state index contributed by atoms with van der Waals surface area (Å²) in [6.45, 7) is 0.558. The third-order valence-corrected chi connectivity index (χ3v) is 1.01. The second-order valence-electron chi connectivity index (χ2n) is 1.66. The van der Waals surface area contributed by atoms with Crippen molar-refractivity contribution < 1.29 is 9.63 Å². The first-order chi connectivity index (χ1) is 3.80. The molecule has 3 heteroatoms. The van der Waals surface area contributed by atoms with Crippen molar-refractivity contribution in [1.82, 2.24) is 5.06 Å². The summed E-state index contributed by atoms with van der Waals surface area (Å²) in [7, 11) is 5.04. The van der Waals surface area contributed by atoms with Gasteiger partial charge in [0.15, 0.2) is 0 Å². The molecular formula is C5H7NO2. The van der Waals surface area contributed by atoms with Gasteiger partial charge in [-0.3, -0.25) is 9.63 Å². The van der Waals surface area contributed by atoms with Crippen molar-refractivity contribution in [2.75, 3.05) is 6.61 Å². The highest BCUT2D eigenvalue weighted by atomic mass is 16.7. The molecule has 0 spiro atoms. The number of nitrogens with zero attached hydrogens (tertiary/aromatic N) is 1. The highest BCUT2D eigenvalue weighted by Crippen LogP contribution is 2.04.